The first-order chi connectivity index (χ1) is 11.1. The molecule has 0 fully saturated rings. The van der Waals surface area contributed by atoms with Crippen LogP contribution < -0.4 is 5.73 Å². The number of hydrogen-bond donors (Lipinski definition) is 1. The summed E-state index contributed by atoms with van der Waals surface area (Å²) in [6.07, 6.45) is -4.50. The molecule has 0 spiro atoms. The Bertz CT molecular complexity index is 810. The average Bonchev–Trinajstić information content (AvgIpc) is 2.94. The van der Waals surface area contributed by atoms with E-state index >= 15 is 0 Å². The Labute approximate surface area is 137 Å². The van der Waals surface area contributed by atoms with Gasteiger partial charge in [0.2, 0.25) is 5.91 Å². The molecule has 0 bridgehead atoms. The van der Waals surface area contributed by atoms with Crippen molar-refractivity contribution < 1.29 is 18.0 Å². The van der Waals surface area contributed by atoms with E-state index in [-0.39, 0.29) is 17.9 Å². The number of amides is 1. The first-order valence-electron chi connectivity index (χ1n) is 7.72. The number of nitrogens with two attached hydrogens (primary N) is 1. The van der Waals surface area contributed by atoms with Crippen molar-refractivity contribution in [2.45, 2.75) is 38.9 Å². The molecule has 1 aliphatic heterocycles. The number of nitrogens with zero attached hydrogens (tertiary/aromatic N) is 2. The number of rotatable bonds is 1. The minimum absolute atomic E-state index is 0.0362. The zero-order chi connectivity index (χ0) is 17.8. The SMILES string of the molecule is CC1c2cc(C(N)=O)ccc2-c2cc(C(F)(F)F)nn2C(C)C1C. The highest BCUT2D eigenvalue weighted by molar-refractivity contribution is 5.93. The first kappa shape index (κ1) is 16.5. The summed E-state index contributed by atoms with van der Waals surface area (Å²) in [6, 6.07) is 5.74. The molecule has 1 amide bonds. The highest BCUT2D eigenvalue weighted by Crippen LogP contribution is 2.44. The van der Waals surface area contributed by atoms with Gasteiger partial charge >= 0.3 is 6.18 Å². The van der Waals surface area contributed by atoms with E-state index in [0.717, 1.165) is 11.6 Å². The minimum Gasteiger partial charge on any atom is -0.366 e. The monoisotopic (exact) mass is 337 g/mol. The fourth-order valence-electron chi connectivity index (χ4n) is 3.29. The normalized spacial score (nSPS) is 23.3. The summed E-state index contributed by atoms with van der Waals surface area (Å²) in [5.41, 5.74) is 6.68. The third kappa shape index (κ3) is 2.48. The Hall–Kier alpha value is -2.31. The van der Waals surface area contributed by atoms with Crippen LogP contribution in [-0.4, -0.2) is 15.7 Å². The molecule has 1 aromatic heterocycles. The lowest BCUT2D eigenvalue weighted by atomic mass is 9.83. The predicted molar refractivity (Wildman–Crippen MR) is 83.5 cm³/mol. The molecule has 0 saturated carbocycles. The van der Waals surface area contributed by atoms with Crippen molar-refractivity contribution in [2.24, 2.45) is 11.7 Å². The number of carbonyl (C=O) groups is 1. The molecule has 0 aliphatic carbocycles. The molecule has 2 N–H and O–H groups in total. The second-order valence-corrected chi connectivity index (χ2v) is 6.41. The van der Waals surface area contributed by atoms with Crippen LogP contribution in [0, 0.1) is 5.92 Å². The van der Waals surface area contributed by atoms with Crippen molar-refractivity contribution in [3.05, 3.63) is 41.1 Å². The van der Waals surface area contributed by atoms with Gasteiger partial charge in [-0.2, -0.15) is 18.3 Å². The largest absolute Gasteiger partial charge is 0.435 e. The van der Waals surface area contributed by atoms with Crippen molar-refractivity contribution in [1.82, 2.24) is 9.78 Å². The molecular weight excluding hydrogens is 319 g/mol. The van der Waals surface area contributed by atoms with Gasteiger partial charge in [-0.25, -0.2) is 0 Å². The van der Waals surface area contributed by atoms with Crippen molar-refractivity contribution >= 4 is 5.91 Å². The van der Waals surface area contributed by atoms with Crippen molar-refractivity contribution in [3.63, 3.8) is 0 Å². The van der Waals surface area contributed by atoms with Gasteiger partial charge < -0.3 is 5.73 Å². The van der Waals surface area contributed by atoms with Crippen LogP contribution >= 0.6 is 0 Å². The summed E-state index contributed by atoms with van der Waals surface area (Å²) >= 11 is 0. The van der Waals surface area contributed by atoms with E-state index in [2.05, 4.69) is 5.10 Å². The fourth-order valence-corrected chi connectivity index (χ4v) is 3.29. The molecule has 128 valence electrons. The molecule has 0 saturated heterocycles. The topological polar surface area (TPSA) is 60.9 Å². The summed E-state index contributed by atoms with van der Waals surface area (Å²) in [4.78, 5) is 11.5. The lowest BCUT2D eigenvalue weighted by molar-refractivity contribution is -0.141. The quantitative estimate of drug-likeness (QED) is 0.855. The Kier molecular flexibility index (Phi) is 3.69. The minimum atomic E-state index is -4.50. The smallest absolute Gasteiger partial charge is 0.366 e. The Balaban J connectivity index is 2.28. The van der Waals surface area contributed by atoms with Gasteiger partial charge in [-0.1, -0.05) is 19.9 Å². The van der Waals surface area contributed by atoms with Crippen molar-refractivity contribution in [3.8, 4) is 11.3 Å². The summed E-state index contributed by atoms with van der Waals surface area (Å²) < 4.78 is 40.7. The van der Waals surface area contributed by atoms with Crippen molar-refractivity contribution in [1.29, 1.82) is 0 Å². The number of alkyl halides is 3. The van der Waals surface area contributed by atoms with Gasteiger partial charge in [-0.05, 0) is 42.5 Å². The summed E-state index contributed by atoms with van der Waals surface area (Å²) in [7, 11) is 0. The number of carbonyl (C=O) groups excluding carboxylic acids is 1. The second kappa shape index (κ2) is 5.36. The number of aromatic nitrogens is 2. The van der Waals surface area contributed by atoms with E-state index in [0.29, 0.717) is 16.8 Å². The van der Waals surface area contributed by atoms with Gasteiger partial charge in [0.1, 0.15) is 0 Å². The third-order valence-electron chi connectivity index (χ3n) is 5.06. The number of hydrogen-bond acceptors (Lipinski definition) is 2. The van der Waals surface area contributed by atoms with Crippen molar-refractivity contribution in [2.75, 3.05) is 0 Å². The van der Waals surface area contributed by atoms with E-state index in [9.17, 15) is 18.0 Å². The summed E-state index contributed by atoms with van der Waals surface area (Å²) in [5, 5.41) is 3.80. The van der Waals surface area contributed by atoms with Crippen LogP contribution in [0.4, 0.5) is 13.2 Å². The zero-order valence-corrected chi connectivity index (χ0v) is 13.6. The Morgan fingerprint density at radius 2 is 1.88 bits per heavy atom. The standard InChI is InChI=1S/C17H18F3N3O/c1-8-9(2)13-6-11(16(21)24)4-5-12(13)14-7-15(17(18,19)20)22-23(14)10(8)3/h4-10H,1-3H3,(H2,21,24). The lowest BCUT2D eigenvalue weighted by Crippen LogP contribution is -2.19. The molecular formula is C17H18F3N3O. The molecule has 3 rings (SSSR count). The molecule has 4 nitrogen and oxygen atoms in total. The molecule has 24 heavy (non-hydrogen) atoms. The molecule has 3 atom stereocenters. The van der Waals surface area contributed by atoms with Gasteiger partial charge in [0.05, 0.1) is 11.7 Å². The van der Waals surface area contributed by atoms with Crippen LogP contribution in [-0.2, 0) is 6.18 Å². The van der Waals surface area contributed by atoms with Gasteiger partial charge in [-0.3, -0.25) is 9.48 Å². The first-order valence-corrected chi connectivity index (χ1v) is 7.72. The maximum absolute atomic E-state index is 13.1. The summed E-state index contributed by atoms with van der Waals surface area (Å²) in [5.74, 6) is -0.473. The predicted octanol–water partition coefficient (Wildman–Crippen LogP) is 3.98. The van der Waals surface area contributed by atoms with Crippen LogP contribution in [0.5, 0.6) is 0 Å². The number of benzene rings is 1. The van der Waals surface area contributed by atoms with Crippen LogP contribution in [0.2, 0.25) is 0 Å². The molecule has 1 aromatic carbocycles. The molecule has 3 unspecified atom stereocenters. The highest BCUT2D eigenvalue weighted by Gasteiger charge is 2.38. The highest BCUT2D eigenvalue weighted by atomic mass is 19.4. The maximum Gasteiger partial charge on any atom is 0.435 e. The Morgan fingerprint density at radius 3 is 2.46 bits per heavy atom. The number of primary amides is 1. The molecule has 1 aliphatic rings. The van der Waals surface area contributed by atoms with E-state index in [1.807, 2.05) is 20.8 Å². The van der Waals surface area contributed by atoms with Crippen LogP contribution in [0.25, 0.3) is 11.3 Å². The zero-order valence-electron chi connectivity index (χ0n) is 13.6. The van der Waals surface area contributed by atoms with E-state index in [1.165, 1.54) is 4.68 Å². The van der Waals surface area contributed by atoms with Gasteiger partial charge in [-0.15, -0.1) is 0 Å². The molecule has 0 radical (unpaired) electrons. The third-order valence-corrected chi connectivity index (χ3v) is 5.06. The maximum atomic E-state index is 13.1. The van der Waals surface area contributed by atoms with Crippen LogP contribution in [0.1, 0.15) is 54.3 Å². The number of halogens is 3. The summed E-state index contributed by atoms with van der Waals surface area (Å²) in [6.45, 7) is 5.83. The Morgan fingerprint density at radius 1 is 1.21 bits per heavy atom. The van der Waals surface area contributed by atoms with Crippen LogP contribution in [0.3, 0.4) is 0 Å². The lowest BCUT2D eigenvalue weighted by Gasteiger charge is -2.24. The van der Waals surface area contributed by atoms with Crippen LogP contribution in [0.15, 0.2) is 24.3 Å². The van der Waals surface area contributed by atoms with E-state index < -0.39 is 17.8 Å². The molecule has 2 aromatic rings. The molecule has 2 heterocycles. The van der Waals surface area contributed by atoms with E-state index in [1.54, 1.807) is 18.2 Å². The van der Waals surface area contributed by atoms with E-state index in [4.69, 9.17) is 5.73 Å². The average molecular weight is 337 g/mol. The van der Waals surface area contributed by atoms with Gasteiger partial charge in [0, 0.05) is 11.1 Å². The van der Waals surface area contributed by atoms with Gasteiger partial charge in [0.15, 0.2) is 5.69 Å². The van der Waals surface area contributed by atoms with Gasteiger partial charge in [0.25, 0.3) is 0 Å². The second-order valence-electron chi connectivity index (χ2n) is 6.41. The fraction of sp³-hybridized carbons (Fsp3) is 0.412. The number of fused-ring (bicyclic) bond motifs is 3. The molecule has 7 heteroatoms.